The fourth-order valence-electron chi connectivity index (χ4n) is 4.17. The maximum atomic E-state index is 12.5. The molecule has 1 heterocycles. The van der Waals surface area contributed by atoms with Gasteiger partial charge >= 0.3 is 13.8 Å². The SMILES string of the molecule is C[C@@H]1C/C=C/CC/C=C\CCCCCCCCCCCC[C@@H](COP(=O)(O)OCCN=O)CC(=O)O1. The molecule has 1 rings (SSSR count). The highest BCUT2D eigenvalue weighted by molar-refractivity contribution is 7.47. The number of nitrogens with zero attached hydrogens (tertiary/aromatic N) is 1. The quantitative estimate of drug-likeness (QED) is 0.118. The van der Waals surface area contributed by atoms with Crippen molar-refractivity contribution in [2.24, 2.45) is 11.1 Å². The first-order valence-corrected chi connectivity index (χ1v) is 15.3. The van der Waals surface area contributed by atoms with Crippen molar-refractivity contribution >= 4 is 13.8 Å². The second-order valence-corrected chi connectivity index (χ2v) is 11.1. The minimum absolute atomic E-state index is 0.0841. The number of allylic oxidation sites excluding steroid dienone is 3. The normalized spacial score (nSPS) is 26.6. The summed E-state index contributed by atoms with van der Waals surface area (Å²) in [7, 11) is -4.30. The molecule has 0 aromatic carbocycles. The average Bonchev–Trinajstić information content (AvgIpc) is 2.83. The van der Waals surface area contributed by atoms with Gasteiger partial charge in [-0.05, 0) is 44.9 Å². The van der Waals surface area contributed by atoms with E-state index >= 15 is 0 Å². The summed E-state index contributed by atoms with van der Waals surface area (Å²) < 4.78 is 27.4. The second-order valence-electron chi connectivity index (χ2n) is 9.69. The number of carbonyl (C=O) groups excluding carboxylic acids is 1. The van der Waals surface area contributed by atoms with Gasteiger partial charge in [0.2, 0.25) is 0 Å². The van der Waals surface area contributed by atoms with Crippen molar-refractivity contribution < 1.29 is 28.0 Å². The smallest absolute Gasteiger partial charge is 0.462 e. The third-order valence-electron chi connectivity index (χ3n) is 6.23. The summed E-state index contributed by atoms with van der Waals surface area (Å²) in [4.78, 5) is 32.5. The molecule has 0 amide bonds. The molecule has 0 bridgehead atoms. The van der Waals surface area contributed by atoms with Crippen LogP contribution in [0.4, 0.5) is 0 Å². The molecule has 36 heavy (non-hydrogen) atoms. The minimum Gasteiger partial charge on any atom is -0.462 e. The number of nitroso groups, excluding NO2 is 1. The van der Waals surface area contributed by atoms with E-state index in [0.29, 0.717) is 12.8 Å². The minimum atomic E-state index is -4.30. The van der Waals surface area contributed by atoms with Crippen LogP contribution in [0.15, 0.2) is 29.5 Å². The Hall–Kier alpha value is -1.34. The third kappa shape index (κ3) is 19.8. The highest BCUT2D eigenvalue weighted by Gasteiger charge is 2.25. The van der Waals surface area contributed by atoms with Crippen molar-refractivity contribution in [1.29, 1.82) is 0 Å². The molecule has 208 valence electrons. The van der Waals surface area contributed by atoms with E-state index in [9.17, 15) is 19.2 Å². The zero-order chi connectivity index (χ0) is 26.3. The van der Waals surface area contributed by atoms with Crippen molar-refractivity contribution in [1.82, 2.24) is 0 Å². The lowest BCUT2D eigenvalue weighted by Gasteiger charge is -2.19. The topological polar surface area (TPSA) is 111 Å². The molecule has 0 aromatic heterocycles. The van der Waals surface area contributed by atoms with Gasteiger partial charge in [-0.3, -0.25) is 13.8 Å². The molecule has 0 aromatic rings. The Morgan fingerprint density at radius 1 is 0.917 bits per heavy atom. The van der Waals surface area contributed by atoms with E-state index in [2.05, 4.69) is 29.5 Å². The molecule has 8 nitrogen and oxygen atoms in total. The van der Waals surface area contributed by atoms with E-state index in [1.54, 1.807) is 0 Å². The molecule has 0 spiro atoms. The predicted octanol–water partition coefficient (Wildman–Crippen LogP) is 7.80. The first-order valence-electron chi connectivity index (χ1n) is 13.8. The average molecular weight is 530 g/mol. The second kappa shape index (κ2) is 21.7. The van der Waals surface area contributed by atoms with Crippen LogP contribution in [0.2, 0.25) is 0 Å². The van der Waals surface area contributed by atoms with Crippen LogP contribution in [-0.2, 0) is 23.1 Å². The van der Waals surface area contributed by atoms with Gasteiger partial charge in [0.25, 0.3) is 0 Å². The van der Waals surface area contributed by atoms with Gasteiger partial charge in [-0.25, -0.2) is 4.57 Å². The summed E-state index contributed by atoms with van der Waals surface area (Å²) in [6, 6.07) is 0. The summed E-state index contributed by atoms with van der Waals surface area (Å²) in [5.74, 6) is -0.577. The maximum absolute atomic E-state index is 12.5. The van der Waals surface area contributed by atoms with Crippen molar-refractivity contribution in [3.05, 3.63) is 29.2 Å². The number of phosphoric acid groups is 1. The van der Waals surface area contributed by atoms with Gasteiger partial charge in [-0.2, -0.15) is 4.91 Å². The van der Waals surface area contributed by atoms with E-state index in [-0.39, 0.29) is 44.2 Å². The Morgan fingerprint density at radius 2 is 1.50 bits per heavy atom. The predicted molar refractivity (Wildman–Crippen MR) is 144 cm³/mol. The van der Waals surface area contributed by atoms with Crippen LogP contribution in [0.1, 0.15) is 110 Å². The molecule has 0 saturated carbocycles. The van der Waals surface area contributed by atoms with E-state index < -0.39 is 7.82 Å². The van der Waals surface area contributed by atoms with E-state index in [0.717, 1.165) is 32.1 Å². The van der Waals surface area contributed by atoms with Crippen LogP contribution >= 0.6 is 7.82 Å². The Labute approximate surface area is 217 Å². The summed E-state index contributed by atoms with van der Waals surface area (Å²) in [6.07, 6.45) is 25.2. The van der Waals surface area contributed by atoms with Crippen LogP contribution in [0.25, 0.3) is 0 Å². The largest absolute Gasteiger partial charge is 0.472 e. The monoisotopic (exact) mass is 529 g/mol. The van der Waals surface area contributed by atoms with Crippen molar-refractivity contribution in [2.45, 2.75) is 116 Å². The first-order chi connectivity index (χ1) is 17.4. The molecular formula is C27H48NO7P. The van der Waals surface area contributed by atoms with E-state index in [1.165, 1.54) is 51.4 Å². The Morgan fingerprint density at radius 3 is 2.17 bits per heavy atom. The number of rotatable bonds is 7. The lowest BCUT2D eigenvalue weighted by atomic mass is 9.97. The number of ether oxygens (including phenoxy) is 1. The van der Waals surface area contributed by atoms with Crippen molar-refractivity contribution in [3.63, 3.8) is 0 Å². The number of hydrogen-bond donors (Lipinski definition) is 1. The van der Waals surface area contributed by atoms with Gasteiger partial charge in [0, 0.05) is 6.42 Å². The van der Waals surface area contributed by atoms with Crippen LogP contribution in [0.3, 0.4) is 0 Å². The van der Waals surface area contributed by atoms with Gasteiger partial charge in [0.05, 0.1) is 19.6 Å². The van der Waals surface area contributed by atoms with Gasteiger partial charge < -0.3 is 9.63 Å². The Kier molecular flexibility index (Phi) is 19.7. The zero-order valence-electron chi connectivity index (χ0n) is 22.2. The molecule has 9 heteroatoms. The first kappa shape index (κ1) is 32.7. The number of esters is 1. The highest BCUT2D eigenvalue weighted by atomic mass is 31.2. The molecule has 1 N–H and O–H groups in total. The summed E-state index contributed by atoms with van der Waals surface area (Å²) in [5, 5.41) is 2.60. The number of phosphoric ester groups is 1. The molecule has 0 aliphatic carbocycles. The molecule has 1 aliphatic heterocycles. The number of carbonyl (C=O) groups is 1. The molecule has 0 radical (unpaired) electrons. The van der Waals surface area contributed by atoms with Gasteiger partial charge in [0.15, 0.2) is 0 Å². The highest BCUT2D eigenvalue weighted by Crippen LogP contribution is 2.43. The number of cyclic esters (lactones) is 1. The summed E-state index contributed by atoms with van der Waals surface area (Å²) in [5.41, 5.74) is 0. The van der Waals surface area contributed by atoms with Crippen LogP contribution in [0, 0.1) is 10.8 Å². The van der Waals surface area contributed by atoms with Crippen molar-refractivity contribution in [2.75, 3.05) is 19.8 Å². The lowest BCUT2D eigenvalue weighted by molar-refractivity contribution is -0.149. The van der Waals surface area contributed by atoms with Crippen LogP contribution in [0.5, 0.6) is 0 Å². The lowest BCUT2D eigenvalue weighted by Crippen LogP contribution is -2.20. The Bertz CT molecular complexity index is 683. The van der Waals surface area contributed by atoms with Gasteiger partial charge in [-0.1, -0.05) is 87.3 Å². The molecule has 3 atom stereocenters. The molecule has 1 unspecified atom stereocenters. The molecular weight excluding hydrogens is 481 g/mol. The summed E-state index contributed by atoms with van der Waals surface area (Å²) >= 11 is 0. The number of hydrogen-bond acceptors (Lipinski definition) is 7. The summed E-state index contributed by atoms with van der Waals surface area (Å²) in [6.45, 7) is 1.27. The molecule has 0 fully saturated rings. The van der Waals surface area contributed by atoms with Crippen molar-refractivity contribution in [3.8, 4) is 0 Å². The fraction of sp³-hybridized carbons (Fsp3) is 0.815. The Balaban J connectivity index is 2.59. The standard InChI is InChI=1S/C27H48NO7P/c1-25-19-17-15-13-11-9-7-5-3-2-4-6-8-10-12-14-16-18-20-26(23-27(29)35-25)24-34-36(31,32)33-22-21-28-30/h7,9,15,17,25-26H,2-6,8,10-14,16,18-24H2,1H3,(H,31,32)/b9-7-,17-15+/t25-,26-/m1/s1. The van der Waals surface area contributed by atoms with Gasteiger partial charge in [-0.15, -0.1) is 0 Å². The van der Waals surface area contributed by atoms with E-state index in [4.69, 9.17) is 13.8 Å². The third-order valence-corrected chi connectivity index (χ3v) is 7.22. The molecule has 1 aliphatic rings. The van der Waals surface area contributed by atoms with Crippen LogP contribution < -0.4 is 0 Å². The van der Waals surface area contributed by atoms with Gasteiger partial charge in [0.1, 0.15) is 12.6 Å². The van der Waals surface area contributed by atoms with Crippen LogP contribution in [-0.4, -0.2) is 36.7 Å². The zero-order valence-corrected chi connectivity index (χ0v) is 23.1. The maximum Gasteiger partial charge on any atom is 0.472 e. The fourth-order valence-corrected chi connectivity index (χ4v) is 4.96. The molecule has 0 saturated heterocycles. The van der Waals surface area contributed by atoms with E-state index in [1.807, 2.05) is 6.92 Å².